The minimum atomic E-state index is -2.84. The van der Waals surface area contributed by atoms with Crippen LogP contribution in [0.1, 0.15) is 37.7 Å². The summed E-state index contributed by atoms with van der Waals surface area (Å²) in [5.74, 6) is 1.05. The summed E-state index contributed by atoms with van der Waals surface area (Å²) in [4.78, 5) is 12.4. The Labute approximate surface area is 152 Å². The number of fused-ring (bicyclic) bond motifs is 2. The maximum atomic E-state index is 12.4. The Hall–Kier alpha value is -1.40. The molecule has 2 aliphatic rings. The van der Waals surface area contributed by atoms with Gasteiger partial charge in [-0.05, 0) is 55.2 Å². The van der Waals surface area contributed by atoms with Crippen molar-refractivity contribution in [3.05, 3.63) is 29.8 Å². The second kappa shape index (κ2) is 8.81. The summed E-state index contributed by atoms with van der Waals surface area (Å²) in [6.07, 6.45) is 5.71. The van der Waals surface area contributed by atoms with Gasteiger partial charge in [-0.2, -0.15) is 8.78 Å². The van der Waals surface area contributed by atoms with E-state index in [1.54, 1.807) is 12.1 Å². The van der Waals surface area contributed by atoms with Crippen LogP contribution in [0.2, 0.25) is 0 Å². The number of amides is 1. The van der Waals surface area contributed by atoms with Crippen molar-refractivity contribution >= 4 is 18.3 Å². The molecule has 2 saturated carbocycles. The minimum Gasteiger partial charge on any atom is -0.435 e. The van der Waals surface area contributed by atoms with Gasteiger partial charge in [-0.15, -0.1) is 12.4 Å². The number of ether oxygens (including phenoxy) is 1. The lowest BCUT2D eigenvalue weighted by molar-refractivity contribution is -0.122. The van der Waals surface area contributed by atoms with Crippen molar-refractivity contribution in [3.63, 3.8) is 0 Å². The quantitative estimate of drug-likeness (QED) is 0.831. The molecule has 2 unspecified atom stereocenters. The molecule has 0 radical (unpaired) electrons. The summed E-state index contributed by atoms with van der Waals surface area (Å²) in [6.45, 7) is -2.84. The van der Waals surface area contributed by atoms with Gasteiger partial charge in [0.25, 0.3) is 0 Å². The van der Waals surface area contributed by atoms with Gasteiger partial charge in [0.05, 0.1) is 6.42 Å². The van der Waals surface area contributed by atoms with Crippen LogP contribution in [0.5, 0.6) is 5.75 Å². The Kier molecular flexibility index (Phi) is 7.02. The second-order valence-corrected chi connectivity index (χ2v) is 6.98. The van der Waals surface area contributed by atoms with Crippen molar-refractivity contribution in [3.8, 4) is 5.75 Å². The number of benzene rings is 1. The second-order valence-electron chi connectivity index (χ2n) is 6.98. The normalized spacial score (nSPS) is 28.2. The lowest BCUT2D eigenvalue weighted by Gasteiger charge is -2.45. The lowest BCUT2D eigenvalue weighted by Crippen LogP contribution is -2.54. The molecular formula is C18H25ClF2N2O2. The fraction of sp³-hybridized carbons (Fsp3) is 0.611. The summed E-state index contributed by atoms with van der Waals surface area (Å²) >= 11 is 0. The van der Waals surface area contributed by atoms with Crippen LogP contribution in [-0.2, 0) is 11.2 Å². The lowest BCUT2D eigenvalue weighted by atomic mass is 9.67. The highest BCUT2D eigenvalue weighted by Gasteiger charge is 2.39. The Bertz CT molecular complexity index is 557. The largest absolute Gasteiger partial charge is 0.435 e. The van der Waals surface area contributed by atoms with Gasteiger partial charge < -0.3 is 15.8 Å². The molecule has 0 spiro atoms. The average molecular weight is 375 g/mol. The first-order chi connectivity index (χ1) is 11.5. The molecule has 2 bridgehead atoms. The molecule has 0 heterocycles. The fourth-order valence-corrected chi connectivity index (χ4v) is 4.24. The van der Waals surface area contributed by atoms with Crippen LogP contribution < -0.4 is 15.8 Å². The van der Waals surface area contributed by atoms with Gasteiger partial charge in [-0.3, -0.25) is 4.79 Å². The first-order valence-electron chi connectivity index (χ1n) is 8.60. The number of alkyl halides is 2. The van der Waals surface area contributed by atoms with Crippen molar-refractivity contribution in [2.75, 3.05) is 0 Å². The zero-order valence-corrected chi connectivity index (χ0v) is 14.8. The molecule has 3 rings (SSSR count). The van der Waals surface area contributed by atoms with Crippen LogP contribution in [0.25, 0.3) is 0 Å². The first-order valence-corrected chi connectivity index (χ1v) is 8.60. The summed E-state index contributed by atoms with van der Waals surface area (Å²) < 4.78 is 28.6. The van der Waals surface area contributed by atoms with Gasteiger partial charge in [0.1, 0.15) is 5.75 Å². The standard InChI is InChI=1S/C18H24F2N2O2.ClH/c19-18(20)24-15-6-4-11(5-7-15)8-16(23)22-17-12-2-1-3-13(17)10-14(21)9-12;/h4-7,12-14,17-18H,1-3,8-10,21H2,(H,22,23);1H. The van der Waals surface area contributed by atoms with Crippen molar-refractivity contribution in [2.45, 2.75) is 57.2 Å². The number of carbonyl (C=O) groups is 1. The van der Waals surface area contributed by atoms with E-state index >= 15 is 0 Å². The molecule has 4 nitrogen and oxygen atoms in total. The Morgan fingerprint density at radius 2 is 1.80 bits per heavy atom. The van der Waals surface area contributed by atoms with Crippen LogP contribution in [0.3, 0.4) is 0 Å². The molecule has 25 heavy (non-hydrogen) atoms. The smallest absolute Gasteiger partial charge is 0.387 e. The number of hydrogen-bond acceptors (Lipinski definition) is 3. The maximum Gasteiger partial charge on any atom is 0.387 e. The number of nitrogens with two attached hydrogens (primary N) is 1. The van der Waals surface area contributed by atoms with E-state index in [1.807, 2.05) is 0 Å². The molecule has 3 N–H and O–H groups in total. The fourth-order valence-electron chi connectivity index (χ4n) is 4.24. The highest BCUT2D eigenvalue weighted by atomic mass is 35.5. The number of halogens is 3. The Morgan fingerprint density at radius 1 is 1.20 bits per heavy atom. The molecule has 7 heteroatoms. The van der Waals surface area contributed by atoms with E-state index in [-0.39, 0.29) is 42.6 Å². The number of hydrogen-bond donors (Lipinski definition) is 2. The first kappa shape index (κ1) is 19.9. The van der Waals surface area contributed by atoms with Gasteiger partial charge in [0, 0.05) is 12.1 Å². The van der Waals surface area contributed by atoms with Gasteiger partial charge >= 0.3 is 6.61 Å². The van der Waals surface area contributed by atoms with Crippen LogP contribution in [0, 0.1) is 11.8 Å². The van der Waals surface area contributed by atoms with E-state index in [0.717, 1.165) is 31.2 Å². The monoisotopic (exact) mass is 374 g/mol. The Balaban J connectivity index is 0.00000225. The van der Waals surface area contributed by atoms with Crippen LogP contribution in [-0.4, -0.2) is 24.6 Å². The third kappa shape index (κ3) is 5.28. The Morgan fingerprint density at radius 3 is 2.36 bits per heavy atom. The van der Waals surface area contributed by atoms with Crippen LogP contribution in [0.4, 0.5) is 8.78 Å². The predicted octanol–water partition coefficient (Wildman–Crippen LogP) is 3.27. The summed E-state index contributed by atoms with van der Waals surface area (Å²) in [7, 11) is 0. The van der Waals surface area contributed by atoms with E-state index in [1.165, 1.54) is 18.6 Å². The molecule has 1 aromatic rings. The minimum absolute atomic E-state index is 0. The molecule has 0 saturated heterocycles. The summed E-state index contributed by atoms with van der Waals surface area (Å²) in [5, 5.41) is 3.19. The van der Waals surface area contributed by atoms with Crippen molar-refractivity contribution in [1.82, 2.24) is 5.32 Å². The summed E-state index contributed by atoms with van der Waals surface area (Å²) in [6, 6.07) is 6.71. The number of nitrogens with one attached hydrogen (secondary N) is 1. The van der Waals surface area contributed by atoms with Gasteiger partial charge in [0.15, 0.2) is 0 Å². The van der Waals surface area contributed by atoms with Gasteiger partial charge in [-0.25, -0.2) is 0 Å². The zero-order valence-electron chi connectivity index (χ0n) is 14.0. The third-order valence-corrected chi connectivity index (χ3v) is 5.22. The molecule has 0 aromatic heterocycles. The molecular weight excluding hydrogens is 350 g/mol. The van der Waals surface area contributed by atoms with Gasteiger partial charge in [-0.1, -0.05) is 18.6 Å². The predicted molar refractivity (Wildman–Crippen MR) is 94.0 cm³/mol. The SMILES string of the molecule is Cl.NC1CC2CCCC(C1)C2NC(=O)Cc1ccc(OC(F)F)cc1. The molecule has 2 atom stereocenters. The number of rotatable bonds is 5. The van der Waals surface area contributed by atoms with E-state index in [0.29, 0.717) is 11.8 Å². The van der Waals surface area contributed by atoms with E-state index in [2.05, 4.69) is 10.1 Å². The van der Waals surface area contributed by atoms with Crippen molar-refractivity contribution < 1.29 is 18.3 Å². The molecule has 2 aliphatic carbocycles. The van der Waals surface area contributed by atoms with Crippen molar-refractivity contribution in [1.29, 1.82) is 0 Å². The van der Waals surface area contributed by atoms with E-state index in [9.17, 15) is 13.6 Å². The van der Waals surface area contributed by atoms with Gasteiger partial charge in [0.2, 0.25) is 5.91 Å². The molecule has 1 aromatic carbocycles. The van der Waals surface area contributed by atoms with E-state index < -0.39 is 6.61 Å². The van der Waals surface area contributed by atoms with Crippen LogP contribution >= 0.6 is 12.4 Å². The van der Waals surface area contributed by atoms with E-state index in [4.69, 9.17) is 5.73 Å². The maximum absolute atomic E-state index is 12.4. The topological polar surface area (TPSA) is 64.3 Å². The summed E-state index contributed by atoms with van der Waals surface area (Å²) in [5.41, 5.74) is 6.90. The van der Waals surface area contributed by atoms with Crippen molar-refractivity contribution in [2.24, 2.45) is 17.6 Å². The molecule has 1 amide bonds. The third-order valence-electron chi connectivity index (χ3n) is 5.22. The molecule has 2 fully saturated rings. The highest BCUT2D eigenvalue weighted by molar-refractivity contribution is 5.85. The zero-order chi connectivity index (χ0) is 17.1. The molecule has 0 aliphatic heterocycles. The van der Waals surface area contributed by atoms with Crippen LogP contribution in [0.15, 0.2) is 24.3 Å². The molecule has 140 valence electrons. The number of carbonyl (C=O) groups excluding carboxylic acids is 1. The highest BCUT2D eigenvalue weighted by Crippen LogP contribution is 2.39. The average Bonchev–Trinajstić information content (AvgIpc) is 2.49.